The van der Waals surface area contributed by atoms with E-state index in [1.807, 2.05) is 4.90 Å². The molecule has 1 aromatic rings. The van der Waals surface area contributed by atoms with Crippen molar-refractivity contribution in [1.82, 2.24) is 4.90 Å². The molecule has 5 nitrogen and oxygen atoms in total. The van der Waals surface area contributed by atoms with E-state index in [4.69, 9.17) is 13.9 Å². The maximum absolute atomic E-state index is 12.6. The number of methoxy groups -OCH3 is 1. The third-order valence-corrected chi connectivity index (χ3v) is 4.91. The molecule has 0 radical (unpaired) electrons. The largest absolute Gasteiger partial charge is 0.453 e. The Morgan fingerprint density at radius 1 is 1.30 bits per heavy atom. The van der Waals surface area contributed by atoms with Gasteiger partial charge >= 0.3 is 0 Å². The molecule has 2 heterocycles. The first kappa shape index (κ1) is 16.5. The lowest BCUT2D eigenvalue weighted by Crippen LogP contribution is -2.46. The van der Waals surface area contributed by atoms with E-state index < -0.39 is 0 Å². The van der Waals surface area contributed by atoms with Crippen molar-refractivity contribution in [3.63, 3.8) is 0 Å². The van der Waals surface area contributed by atoms with Crippen LogP contribution in [-0.2, 0) is 16.1 Å². The summed E-state index contributed by atoms with van der Waals surface area (Å²) in [7, 11) is 1.61. The van der Waals surface area contributed by atoms with Crippen LogP contribution in [0.5, 0.6) is 0 Å². The van der Waals surface area contributed by atoms with Gasteiger partial charge in [-0.15, -0.1) is 0 Å². The van der Waals surface area contributed by atoms with Gasteiger partial charge in [0.1, 0.15) is 12.4 Å². The van der Waals surface area contributed by atoms with Crippen LogP contribution in [0.25, 0.3) is 0 Å². The molecule has 0 N–H and O–H groups in total. The fraction of sp³-hybridized carbons (Fsp3) is 0.722. The van der Waals surface area contributed by atoms with Crippen LogP contribution in [0, 0.1) is 5.92 Å². The molecule has 1 aliphatic carbocycles. The molecule has 0 aromatic carbocycles. The van der Waals surface area contributed by atoms with Crippen LogP contribution in [0.4, 0.5) is 0 Å². The minimum absolute atomic E-state index is 0.0377. The van der Waals surface area contributed by atoms with Gasteiger partial charge in [0.2, 0.25) is 0 Å². The molecule has 1 amide bonds. The summed E-state index contributed by atoms with van der Waals surface area (Å²) in [6, 6.07) is 3.54. The van der Waals surface area contributed by atoms with Crippen molar-refractivity contribution in [2.45, 2.75) is 51.2 Å². The number of nitrogens with zero attached hydrogens (tertiary/aromatic N) is 1. The Morgan fingerprint density at radius 2 is 2.13 bits per heavy atom. The Balaban J connectivity index is 1.55. The molecule has 1 saturated heterocycles. The molecule has 0 unspecified atom stereocenters. The summed E-state index contributed by atoms with van der Waals surface area (Å²) < 4.78 is 16.5. The lowest BCUT2D eigenvalue weighted by Gasteiger charge is -2.35. The minimum Gasteiger partial charge on any atom is -0.453 e. The standard InChI is InChI=1S/C18H27NO4/c1-21-13-15-7-8-17(23-15)18(20)19-9-10-22-16(12-19)11-14-5-3-2-4-6-14/h7-8,14,16H,2-6,9-13H2,1H3/t16-/m1/s1. The van der Waals surface area contributed by atoms with Crippen LogP contribution >= 0.6 is 0 Å². The van der Waals surface area contributed by atoms with Gasteiger partial charge in [0.25, 0.3) is 5.91 Å². The Hall–Kier alpha value is -1.33. The Kier molecular flexibility index (Phi) is 5.73. The first-order valence-corrected chi connectivity index (χ1v) is 8.75. The van der Waals surface area contributed by atoms with E-state index >= 15 is 0 Å². The van der Waals surface area contributed by atoms with E-state index in [0.29, 0.717) is 37.8 Å². The molecular weight excluding hydrogens is 294 g/mol. The van der Waals surface area contributed by atoms with Crippen LogP contribution in [0.2, 0.25) is 0 Å². The number of rotatable bonds is 5. The number of hydrogen-bond donors (Lipinski definition) is 0. The molecular formula is C18H27NO4. The average molecular weight is 321 g/mol. The maximum atomic E-state index is 12.6. The fourth-order valence-electron chi connectivity index (χ4n) is 3.71. The Labute approximate surface area is 137 Å². The number of carbonyl (C=O) groups is 1. The first-order chi connectivity index (χ1) is 11.3. The monoisotopic (exact) mass is 321 g/mol. The van der Waals surface area contributed by atoms with Gasteiger partial charge in [-0.1, -0.05) is 32.1 Å². The van der Waals surface area contributed by atoms with Crippen LogP contribution in [0.1, 0.15) is 54.8 Å². The zero-order valence-corrected chi connectivity index (χ0v) is 14.0. The summed E-state index contributed by atoms with van der Waals surface area (Å²) in [5.74, 6) is 1.81. The van der Waals surface area contributed by atoms with Crippen LogP contribution < -0.4 is 0 Å². The number of amides is 1. The molecule has 0 bridgehead atoms. The molecule has 5 heteroatoms. The smallest absolute Gasteiger partial charge is 0.289 e. The zero-order valence-electron chi connectivity index (χ0n) is 14.0. The second-order valence-electron chi connectivity index (χ2n) is 6.68. The average Bonchev–Trinajstić information content (AvgIpc) is 3.04. The van der Waals surface area contributed by atoms with E-state index in [-0.39, 0.29) is 12.0 Å². The second kappa shape index (κ2) is 7.97. The molecule has 1 aromatic heterocycles. The molecule has 128 valence electrons. The Morgan fingerprint density at radius 3 is 2.91 bits per heavy atom. The first-order valence-electron chi connectivity index (χ1n) is 8.75. The molecule has 1 atom stereocenters. The second-order valence-corrected chi connectivity index (χ2v) is 6.68. The van der Waals surface area contributed by atoms with Crippen molar-refractivity contribution < 1.29 is 18.7 Å². The molecule has 1 saturated carbocycles. The van der Waals surface area contributed by atoms with Crippen molar-refractivity contribution in [2.24, 2.45) is 5.92 Å². The van der Waals surface area contributed by atoms with Gasteiger partial charge in [-0.05, 0) is 24.5 Å². The quantitative estimate of drug-likeness (QED) is 0.835. The van der Waals surface area contributed by atoms with E-state index in [1.54, 1.807) is 19.2 Å². The number of carbonyl (C=O) groups excluding carboxylic acids is 1. The molecule has 2 fully saturated rings. The highest BCUT2D eigenvalue weighted by Gasteiger charge is 2.29. The van der Waals surface area contributed by atoms with Crippen molar-refractivity contribution in [2.75, 3.05) is 26.8 Å². The maximum Gasteiger partial charge on any atom is 0.289 e. The van der Waals surface area contributed by atoms with Crippen molar-refractivity contribution in [3.05, 3.63) is 23.7 Å². The summed E-state index contributed by atoms with van der Waals surface area (Å²) in [5, 5.41) is 0. The molecule has 23 heavy (non-hydrogen) atoms. The summed E-state index contributed by atoms with van der Waals surface area (Å²) in [6.07, 6.45) is 7.93. The van der Waals surface area contributed by atoms with Crippen LogP contribution in [0.3, 0.4) is 0 Å². The number of furan rings is 1. The number of morpholine rings is 1. The lowest BCUT2D eigenvalue weighted by atomic mass is 9.85. The summed E-state index contributed by atoms with van der Waals surface area (Å²) in [6.45, 7) is 2.32. The summed E-state index contributed by atoms with van der Waals surface area (Å²) in [5.41, 5.74) is 0. The van der Waals surface area contributed by atoms with E-state index in [9.17, 15) is 4.79 Å². The third kappa shape index (κ3) is 4.36. The highest BCUT2D eigenvalue weighted by atomic mass is 16.5. The number of ether oxygens (including phenoxy) is 2. The zero-order chi connectivity index (χ0) is 16.1. The van der Waals surface area contributed by atoms with Crippen molar-refractivity contribution in [3.8, 4) is 0 Å². The minimum atomic E-state index is -0.0377. The third-order valence-electron chi connectivity index (χ3n) is 4.91. The molecule has 3 rings (SSSR count). The van der Waals surface area contributed by atoms with E-state index in [2.05, 4.69) is 0 Å². The van der Waals surface area contributed by atoms with Crippen molar-refractivity contribution in [1.29, 1.82) is 0 Å². The topological polar surface area (TPSA) is 51.9 Å². The van der Waals surface area contributed by atoms with E-state index in [0.717, 1.165) is 12.3 Å². The highest BCUT2D eigenvalue weighted by molar-refractivity contribution is 5.91. The van der Waals surface area contributed by atoms with Gasteiger partial charge in [-0.25, -0.2) is 0 Å². The molecule has 2 aliphatic rings. The van der Waals surface area contributed by atoms with Crippen LogP contribution in [-0.4, -0.2) is 43.7 Å². The van der Waals surface area contributed by atoms with Gasteiger partial charge in [-0.3, -0.25) is 4.79 Å². The molecule has 1 aliphatic heterocycles. The highest BCUT2D eigenvalue weighted by Crippen LogP contribution is 2.29. The lowest BCUT2D eigenvalue weighted by molar-refractivity contribution is -0.0345. The van der Waals surface area contributed by atoms with Gasteiger partial charge in [-0.2, -0.15) is 0 Å². The van der Waals surface area contributed by atoms with Gasteiger partial charge in [0.05, 0.1) is 12.7 Å². The Bertz CT molecular complexity index is 507. The fourth-order valence-corrected chi connectivity index (χ4v) is 3.71. The van der Waals surface area contributed by atoms with Gasteiger partial charge in [0, 0.05) is 20.2 Å². The summed E-state index contributed by atoms with van der Waals surface area (Å²) >= 11 is 0. The predicted molar refractivity (Wildman–Crippen MR) is 86.3 cm³/mol. The van der Waals surface area contributed by atoms with Crippen LogP contribution in [0.15, 0.2) is 16.5 Å². The van der Waals surface area contributed by atoms with Gasteiger partial charge < -0.3 is 18.8 Å². The van der Waals surface area contributed by atoms with E-state index in [1.165, 1.54) is 32.1 Å². The van der Waals surface area contributed by atoms with Gasteiger partial charge in [0.15, 0.2) is 5.76 Å². The normalized spacial score (nSPS) is 23.2. The predicted octanol–water partition coefficient (Wildman–Crippen LogP) is 3.24. The van der Waals surface area contributed by atoms with Crippen molar-refractivity contribution >= 4 is 5.91 Å². The number of hydrogen-bond acceptors (Lipinski definition) is 4. The summed E-state index contributed by atoms with van der Waals surface area (Å²) in [4.78, 5) is 14.5. The molecule has 0 spiro atoms. The SMILES string of the molecule is COCc1ccc(C(=O)N2CCO[C@H](CC3CCCCC3)C2)o1.